The Hall–Kier alpha value is -5.48. The molecule has 0 aliphatic heterocycles. The molecule has 8 bridgehead atoms. The van der Waals surface area contributed by atoms with Gasteiger partial charge in [0.05, 0.1) is 0 Å². The predicted octanol–water partition coefficient (Wildman–Crippen LogP) is 14.1. The van der Waals surface area contributed by atoms with Crippen molar-refractivity contribution in [2.45, 2.75) is 144 Å². The van der Waals surface area contributed by atoms with Crippen LogP contribution in [0.3, 0.4) is 0 Å². The van der Waals surface area contributed by atoms with Gasteiger partial charge in [0.15, 0.2) is 0 Å². The number of phenols is 2. The topological polar surface area (TPSA) is 58.9 Å². The summed E-state index contributed by atoms with van der Waals surface area (Å²) in [6.45, 7) is 27.7. The molecule has 6 aromatic carbocycles. The van der Waals surface area contributed by atoms with E-state index in [0.717, 1.165) is 78.3 Å². The first-order valence-electron chi connectivity index (χ1n) is 22.4. The van der Waals surface area contributed by atoms with Gasteiger partial charge in [0.2, 0.25) is 0 Å². The Morgan fingerprint density at radius 1 is 0.355 bits per heavy atom. The summed E-state index contributed by atoms with van der Waals surface area (Å²) in [5.74, 6) is 2.21. The van der Waals surface area contributed by atoms with Crippen molar-refractivity contribution in [3.05, 3.63) is 187 Å². The Morgan fingerprint density at radius 3 is 0.839 bits per heavy atom. The molecule has 0 saturated heterocycles. The van der Waals surface area contributed by atoms with Gasteiger partial charge < -0.3 is 19.7 Å². The van der Waals surface area contributed by atoms with Crippen LogP contribution in [-0.4, -0.2) is 10.2 Å². The van der Waals surface area contributed by atoms with Crippen molar-refractivity contribution >= 4 is 0 Å². The van der Waals surface area contributed by atoms with E-state index in [1.165, 1.54) is 11.1 Å². The normalized spacial score (nSPS) is 13.5. The Balaban J connectivity index is 1.57. The largest absolute Gasteiger partial charge is 0.507 e. The van der Waals surface area contributed by atoms with Crippen LogP contribution in [0.15, 0.2) is 109 Å². The van der Waals surface area contributed by atoms with Gasteiger partial charge in [-0.3, -0.25) is 0 Å². The number of ether oxygens (including phenoxy) is 2. The Labute approximate surface area is 372 Å². The molecule has 1 aliphatic rings. The summed E-state index contributed by atoms with van der Waals surface area (Å²) in [6, 6.07) is 38.6. The molecule has 2 N–H and O–H groups in total. The molecule has 0 amide bonds. The van der Waals surface area contributed by atoms with E-state index in [-0.39, 0.29) is 33.2 Å². The summed E-state index contributed by atoms with van der Waals surface area (Å²) in [4.78, 5) is 0. The highest BCUT2D eigenvalue weighted by Gasteiger charge is 2.28. The number of hydrogen-bond acceptors (Lipinski definition) is 4. The molecular formula is C58H68O4. The predicted molar refractivity (Wildman–Crippen MR) is 257 cm³/mol. The molecule has 4 heteroatoms. The summed E-state index contributed by atoms with van der Waals surface area (Å²) in [5.41, 5.74) is 13.6. The molecule has 0 spiro atoms. The van der Waals surface area contributed by atoms with Crippen molar-refractivity contribution < 1.29 is 19.7 Å². The number of benzene rings is 6. The number of hydrogen-bond donors (Lipinski definition) is 2. The van der Waals surface area contributed by atoms with E-state index >= 15 is 0 Å². The number of aromatic hydroxyl groups is 2. The fourth-order valence-corrected chi connectivity index (χ4v) is 8.48. The van der Waals surface area contributed by atoms with Gasteiger partial charge in [-0.15, -0.1) is 0 Å². The lowest BCUT2D eigenvalue weighted by molar-refractivity contribution is 0.296. The summed E-state index contributed by atoms with van der Waals surface area (Å²) in [5, 5.41) is 24.8. The van der Waals surface area contributed by atoms with Gasteiger partial charge in [0.25, 0.3) is 0 Å². The first-order valence-corrected chi connectivity index (χ1v) is 22.4. The van der Waals surface area contributed by atoms with Crippen LogP contribution in [0.1, 0.15) is 161 Å². The van der Waals surface area contributed by atoms with Gasteiger partial charge in [-0.1, -0.05) is 192 Å². The third kappa shape index (κ3) is 10.1. The van der Waals surface area contributed by atoms with Crippen molar-refractivity contribution in [2.75, 3.05) is 0 Å². The van der Waals surface area contributed by atoms with Crippen LogP contribution in [0.4, 0.5) is 0 Å². The van der Waals surface area contributed by atoms with E-state index in [9.17, 15) is 10.2 Å². The average molecular weight is 829 g/mol. The lowest BCUT2D eigenvalue weighted by Crippen LogP contribution is -2.17. The van der Waals surface area contributed by atoms with Crippen molar-refractivity contribution in [1.82, 2.24) is 0 Å². The van der Waals surface area contributed by atoms with Crippen LogP contribution < -0.4 is 9.47 Å². The second-order valence-corrected chi connectivity index (χ2v) is 21.8. The molecule has 324 valence electrons. The van der Waals surface area contributed by atoms with Gasteiger partial charge in [0.1, 0.15) is 36.2 Å². The number of phenolic OH excluding ortho intramolecular Hbond substituents is 2. The molecule has 0 radical (unpaired) electrons. The van der Waals surface area contributed by atoms with E-state index < -0.39 is 0 Å². The van der Waals surface area contributed by atoms with E-state index in [1.807, 2.05) is 12.1 Å². The lowest BCUT2D eigenvalue weighted by atomic mass is 9.79. The molecule has 7 rings (SSSR count). The fraction of sp³-hybridized carbons (Fsp3) is 0.379. The van der Waals surface area contributed by atoms with Gasteiger partial charge in [-0.25, -0.2) is 0 Å². The SMILES string of the molecule is CC(C)(C)c1cc2c(O)c(c1)Cc1cc(C(C)(C)C)cc(c1OCc1ccccc1)Cc1cc(C(C)(C)C)cc(c1OCc1ccccc1)Cc1cc(C(C)(C)C)cc(c1O)C2. The minimum atomic E-state index is -0.187. The van der Waals surface area contributed by atoms with Crippen LogP contribution in [0.25, 0.3) is 0 Å². The van der Waals surface area contributed by atoms with E-state index in [2.05, 4.69) is 180 Å². The molecule has 0 fully saturated rings. The van der Waals surface area contributed by atoms with Crippen molar-refractivity contribution in [3.63, 3.8) is 0 Å². The molecule has 0 saturated carbocycles. The zero-order chi connectivity index (χ0) is 44.8. The van der Waals surface area contributed by atoms with E-state index in [0.29, 0.717) is 38.9 Å². The molecule has 1 aliphatic carbocycles. The molecule has 62 heavy (non-hydrogen) atoms. The fourth-order valence-electron chi connectivity index (χ4n) is 8.48. The third-order valence-electron chi connectivity index (χ3n) is 12.5. The first-order chi connectivity index (χ1) is 29.0. The maximum Gasteiger partial charge on any atom is 0.126 e. The quantitative estimate of drug-likeness (QED) is 0.175. The molecule has 0 aromatic heterocycles. The van der Waals surface area contributed by atoms with Crippen LogP contribution in [0.5, 0.6) is 23.0 Å². The zero-order valence-electron chi connectivity index (χ0n) is 39.3. The van der Waals surface area contributed by atoms with Gasteiger partial charge in [0, 0.05) is 25.7 Å². The Kier molecular flexibility index (Phi) is 12.2. The Morgan fingerprint density at radius 2 is 0.581 bits per heavy atom. The smallest absolute Gasteiger partial charge is 0.126 e. The van der Waals surface area contributed by atoms with Crippen molar-refractivity contribution in [3.8, 4) is 23.0 Å². The van der Waals surface area contributed by atoms with Gasteiger partial charge in [-0.2, -0.15) is 0 Å². The summed E-state index contributed by atoms with van der Waals surface area (Å²) in [7, 11) is 0. The van der Waals surface area contributed by atoms with Gasteiger partial charge >= 0.3 is 0 Å². The summed E-state index contributed by atoms with van der Waals surface area (Å²) < 4.78 is 14.1. The maximum atomic E-state index is 12.4. The Bertz CT molecular complexity index is 2380. The third-order valence-corrected chi connectivity index (χ3v) is 12.5. The van der Waals surface area contributed by atoms with Crippen LogP contribution in [-0.2, 0) is 60.6 Å². The minimum absolute atomic E-state index is 0.168. The van der Waals surface area contributed by atoms with E-state index in [4.69, 9.17) is 9.47 Å². The highest BCUT2D eigenvalue weighted by atomic mass is 16.5. The lowest BCUT2D eigenvalue weighted by Gasteiger charge is -2.28. The second-order valence-electron chi connectivity index (χ2n) is 21.8. The highest BCUT2D eigenvalue weighted by molar-refractivity contribution is 5.59. The summed E-state index contributed by atoms with van der Waals surface area (Å²) >= 11 is 0. The van der Waals surface area contributed by atoms with E-state index in [1.54, 1.807) is 0 Å². The highest BCUT2D eigenvalue weighted by Crippen LogP contribution is 2.44. The molecular weight excluding hydrogens is 761 g/mol. The molecule has 0 unspecified atom stereocenters. The first kappa shape index (κ1) is 44.6. The van der Waals surface area contributed by atoms with Crippen molar-refractivity contribution in [2.24, 2.45) is 0 Å². The molecule has 0 atom stereocenters. The number of fused-ring (bicyclic) bond motifs is 8. The second kappa shape index (κ2) is 17.0. The van der Waals surface area contributed by atoms with Crippen LogP contribution >= 0.6 is 0 Å². The minimum Gasteiger partial charge on any atom is -0.507 e. The van der Waals surface area contributed by atoms with Crippen LogP contribution in [0, 0.1) is 0 Å². The molecule has 4 nitrogen and oxygen atoms in total. The van der Waals surface area contributed by atoms with Crippen molar-refractivity contribution in [1.29, 1.82) is 0 Å². The molecule has 0 heterocycles. The monoisotopic (exact) mass is 829 g/mol. The zero-order valence-corrected chi connectivity index (χ0v) is 39.3. The maximum absolute atomic E-state index is 12.4. The van der Waals surface area contributed by atoms with Gasteiger partial charge in [-0.05, 0) is 99.5 Å². The standard InChI is InChI=1S/C58H68O4/c1-55(2,3)47-27-39-23-40-28-48(56(4,5)6)30-42(52(40)60)25-44-32-50(58(10,11)12)34-46(54(44)62-36-38-21-17-14-18-22-38)26-45-33-49(57(7,8)9)31-43(24-41(29-47)51(39)59)53(45)61-35-37-19-15-13-16-20-37/h13-22,27-34,59-60H,23-26,35-36H2,1-12H3. The van der Waals surface area contributed by atoms with Crippen LogP contribution in [0.2, 0.25) is 0 Å². The summed E-state index contributed by atoms with van der Waals surface area (Å²) in [6.07, 6.45) is 1.86. The average Bonchev–Trinajstić information content (AvgIpc) is 3.18. The molecule has 6 aromatic rings. The number of rotatable bonds is 6.